The molecule has 22 heavy (non-hydrogen) atoms. The summed E-state index contributed by atoms with van der Waals surface area (Å²) in [7, 11) is 3.97. The van der Waals surface area contributed by atoms with Gasteiger partial charge in [0.25, 0.3) is 0 Å². The number of nitrogens with zero attached hydrogens (tertiary/aromatic N) is 4. The van der Waals surface area contributed by atoms with E-state index in [0.717, 1.165) is 16.9 Å². The van der Waals surface area contributed by atoms with Gasteiger partial charge < -0.3 is 14.8 Å². The number of fused-ring (bicyclic) bond motifs is 1. The molecule has 114 valence electrons. The number of thiazole rings is 1. The van der Waals surface area contributed by atoms with Crippen molar-refractivity contribution in [2.45, 2.75) is 13.1 Å². The number of amides is 1. The highest BCUT2D eigenvalue weighted by atomic mass is 32.1. The predicted octanol–water partition coefficient (Wildman–Crippen LogP) is 2.19. The summed E-state index contributed by atoms with van der Waals surface area (Å²) in [4.78, 5) is 23.0. The Morgan fingerprint density at radius 3 is 2.91 bits per heavy atom. The minimum Gasteiger partial charge on any atom is -0.317 e. The smallest absolute Gasteiger partial charge is 0.246 e. The van der Waals surface area contributed by atoms with Gasteiger partial charge in [0, 0.05) is 11.6 Å². The lowest BCUT2D eigenvalue weighted by atomic mass is 10.3. The lowest BCUT2D eigenvalue weighted by molar-refractivity contribution is -0.116. The number of aromatic nitrogens is 3. The second-order valence-electron chi connectivity index (χ2n) is 5.23. The lowest BCUT2D eigenvalue weighted by Crippen LogP contribution is -2.22. The first-order valence-corrected chi connectivity index (χ1v) is 7.79. The van der Waals surface area contributed by atoms with Crippen LogP contribution in [0.15, 0.2) is 35.8 Å². The summed E-state index contributed by atoms with van der Waals surface area (Å²) in [6.07, 6.45) is 1.67. The van der Waals surface area contributed by atoms with E-state index in [1.165, 1.54) is 11.3 Å². The van der Waals surface area contributed by atoms with E-state index in [4.69, 9.17) is 0 Å². The molecule has 0 unspecified atom stereocenters. The molecule has 0 spiro atoms. The van der Waals surface area contributed by atoms with Crippen LogP contribution >= 0.6 is 11.3 Å². The van der Waals surface area contributed by atoms with E-state index in [9.17, 15) is 4.79 Å². The molecule has 3 rings (SSSR count). The topological polar surface area (TPSA) is 63.1 Å². The van der Waals surface area contributed by atoms with Crippen molar-refractivity contribution in [2.24, 2.45) is 0 Å². The Kier molecular flexibility index (Phi) is 4.17. The Morgan fingerprint density at radius 1 is 1.36 bits per heavy atom. The summed E-state index contributed by atoms with van der Waals surface area (Å²) in [5.41, 5.74) is 1.87. The van der Waals surface area contributed by atoms with Crippen LogP contribution in [0.2, 0.25) is 0 Å². The zero-order chi connectivity index (χ0) is 15.5. The predicted molar refractivity (Wildman–Crippen MR) is 87.9 cm³/mol. The van der Waals surface area contributed by atoms with Gasteiger partial charge in [0.15, 0.2) is 5.13 Å². The van der Waals surface area contributed by atoms with Gasteiger partial charge in [-0.2, -0.15) is 0 Å². The van der Waals surface area contributed by atoms with Crippen molar-refractivity contribution in [2.75, 3.05) is 19.4 Å². The van der Waals surface area contributed by atoms with Crippen molar-refractivity contribution in [3.8, 4) is 0 Å². The summed E-state index contributed by atoms with van der Waals surface area (Å²) in [5, 5.41) is 5.26. The van der Waals surface area contributed by atoms with E-state index in [2.05, 4.69) is 15.3 Å². The molecule has 1 N–H and O–H groups in total. The fraction of sp³-hybridized carbons (Fsp3) is 0.267. The van der Waals surface area contributed by atoms with Gasteiger partial charge in [-0.1, -0.05) is 12.1 Å². The SMILES string of the molecule is CN(C)Cc1nc2ccccc2n1CC(=O)Nc1nccs1. The molecule has 0 aliphatic heterocycles. The maximum atomic E-state index is 12.3. The molecule has 1 aromatic carbocycles. The highest BCUT2D eigenvalue weighted by Crippen LogP contribution is 2.17. The van der Waals surface area contributed by atoms with Crippen LogP contribution in [0.3, 0.4) is 0 Å². The highest BCUT2D eigenvalue weighted by Gasteiger charge is 2.14. The minimum absolute atomic E-state index is 0.0990. The van der Waals surface area contributed by atoms with Crippen LogP contribution in [0.1, 0.15) is 5.82 Å². The van der Waals surface area contributed by atoms with Crippen molar-refractivity contribution >= 4 is 33.4 Å². The molecule has 0 bridgehead atoms. The fourth-order valence-electron chi connectivity index (χ4n) is 2.29. The van der Waals surface area contributed by atoms with E-state index >= 15 is 0 Å². The van der Waals surface area contributed by atoms with Gasteiger partial charge in [-0.15, -0.1) is 11.3 Å². The fourth-order valence-corrected chi connectivity index (χ4v) is 2.84. The van der Waals surface area contributed by atoms with Gasteiger partial charge in [-0.25, -0.2) is 9.97 Å². The molecule has 0 fully saturated rings. The normalized spacial score (nSPS) is 11.2. The number of hydrogen-bond acceptors (Lipinski definition) is 5. The van der Waals surface area contributed by atoms with Crippen molar-refractivity contribution in [3.05, 3.63) is 41.7 Å². The second kappa shape index (κ2) is 6.25. The minimum atomic E-state index is -0.0990. The molecule has 0 aliphatic carbocycles. The van der Waals surface area contributed by atoms with Crippen LogP contribution in [0, 0.1) is 0 Å². The number of benzene rings is 1. The van der Waals surface area contributed by atoms with E-state index < -0.39 is 0 Å². The van der Waals surface area contributed by atoms with Gasteiger partial charge in [-0.05, 0) is 26.2 Å². The molecule has 3 aromatic rings. The summed E-state index contributed by atoms with van der Waals surface area (Å²) in [6, 6.07) is 7.86. The van der Waals surface area contributed by atoms with Gasteiger partial charge >= 0.3 is 0 Å². The van der Waals surface area contributed by atoms with Crippen molar-refractivity contribution in [1.29, 1.82) is 0 Å². The molecule has 7 heteroatoms. The Hall–Kier alpha value is -2.25. The van der Waals surface area contributed by atoms with Crippen LogP contribution in [0.25, 0.3) is 11.0 Å². The highest BCUT2D eigenvalue weighted by molar-refractivity contribution is 7.13. The summed E-state index contributed by atoms with van der Waals surface area (Å²) in [5.74, 6) is 0.776. The Labute approximate surface area is 132 Å². The van der Waals surface area contributed by atoms with Crippen molar-refractivity contribution < 1.29 is 4.79 Å². The number of carbonyl (C=O) groups excluding carboxylic acids is 1. The molecule has 0 saturated carbocycles. The van der Waals surface area contributed by atoms with Gasteiger partial charge in [0.1, 0.15) is 12.4 Å². The molecular weight excluding hydrogens is 298 g/mol. The van der Waals surface area contributed by atoms with Crippen LogP contribution in [-0.2, 0) is 17.9 Å². The monoisotopic (exact) mass is 315 g/mol. The lowest BCUT2D eigenvalue weighted by Gasteiger charge is -2.12. The quantitative estimate of drug-likeness (QED) is 0.784. The number of imidazole rings is 1. The first-order valence-electron chi connectivity index (χ1n) is 6.91. The maximum absolute atomic E-state index is 12.3. The van der Waals surface area contributed by atoms with Crippen LogP contribution < -0.4 is 5.32 Å². The Balaban J connectivity index is 1.88. The van der Waals surface area contributed by atoms with E-state index in [1.807, 2.05) is 53.2 Å². The zero-order valence-electron chi connectivity index (χ0n) is 12.5. The number of hydrogen-bond donors (Lipinski definition) is 1. The molecular formula is C15H17N5OS. The molecule has 2 heterocycles. The third-order valence-corrected chi connectivity index (χ3v) is 3.86. The van der Waals surface area contributed by atoms with Gasteiger partial charge in [0.05, 0.1) is 17.6 Å². The summed E-state index contributed by atoms with van der Waals surface area (Å²) < 4.78 is 1.96. The number of para-hydroxylation sites is 2. The van der Waals surface area contributed by atoms with Crippen LogP contribution in [-0.4, -0.2) is 39.4 Å². The molecule has 0 aliphatic rings. The molecule has 0 atom stereocenters. The van der Waals surface area contributed by atoms with Gasteiger partial charge in [-0.3, -0.25) is 4.79 Å². The average Bonchev–Trinajstić information content (AvgIpc) is 3.07. The first-order chi connectivity index (χ1) is 10.6. The van der Waals surface area contributed by atoms with E-state index in [-0.39, 0.29) is 12.5 Å². The summed E-state index contributed by atoms with van der Waals surface area (Å²) in [6.45, 7) is 0.905. The Morgan fingerprint density at radius 2 is 2.18 bits per heavy atom. The summed E-state index contributed by atoms with van der Waals surface area (Å²) >= 11 is 1.41. The first kappa shape index (κ1) is 14.7. The molecule has 0 saturated heterocycles. The van der Waals surface area contributed by atoms with Crippen LogP contribution in [0.5, 0.6) is 0 Å². The van der Waals surface area contributed by atoms with Crippen LogP contribution in [0.4, 0.5) is 5.13 Å². The standard InChI is InChI=1S/C15H17N5OS/c1-19(2)9-13-17-11-5-3-4-6-12(11)20(13)10-14(21)18-15-16-7-8-22-15/h3-8H,9-10H2,1-2H3,(H,16,18,21). The maximum Gasteiger partial charge on any atom is 0.246 e. The average molecular weight is 315 g/mol. The zero-order valence-corrected chi connectivity index (χ0v) is 13.3. The largest absolute Gasteiger partial charge is 0.317 e. The van der Waals surface area contributed by atoms with E-state index in [1.54, 1.807) is 6.20 Å². The van der Waals surface area contributed by atoms with Crippen molar-refractivity contribution in [3.63, 3.8) is 0 Å². The van der Waals surface area contributed by atoms with Gasteiger partial charge in [0.2, 0.25) is 5.91 Å². The molecule has 2 aromatic heterocycles. The number of anilines is 1. The Bertz CT molecular complexity index is 778. The molecule has 6 nitrogen and oxygen atoms in total. The molecule has 1 amide bonds. The number of nitrogens with one attached hydrogen (secondary N) is 1. The second-order valence-corrected chi connectivity index (χ2v) is 6.12. The molecule has 0 radical (unpaired) electrons. The number of carbonyl (C=O) groups is 1. The third kappa shape index (κ3) is 3.15. The third-order valence-electron chi connectivity index (χ3n) is 3.17. The van der Waals surface area contributed by atoms with Crippen molar-refractivity contribution in [1.82, 2.24) is 19.4 Å². The number of rotatable bonds is 5. The van der Waals surface area contributed by atoms with E-state index in [0.29, 0.717) is 11.7 Å².